The van der Waals surface area contributed by atoms with Crippen LogP contribution in [0.3, 0.4) is 0 Å². The van der Waals surface area contributed by atoms with Crippen LogP contribution in [0.1, 0.15) is 35.0 Å². The van der Waals surface area contributed by atoms with E-state index in [-0.39, 0.29) is 6.61 Å². The van der Waals surface area contributed by atoms with Crippen LogP contribution in [0.5, 0.6) is 0 Å². The number of rotatable bonds is 6. The number of hydrogen-bond donors (Lipinski definition) is 1. The molecule has 0 saturated carbocycles. The maximum absolute atomic E-state index is 12.0. The summed E-state index contributed by atoms with van der Waals surface area (Å²) in [4.78, 5) is 18.4. The summed E-state index contributed by atoms with van der Waals surface area (Å²) in [5, 5.41) is 9.19. The van der Waals surface area contributed by atoms with Crippen LogP contribution < -0.4 is 4.90 Å². The lowest BCUT2D eigenvalue weighted by molar-refractivity contribution is 0.0600. The second-order valence-electron chi connectivity index (χ2n) is 4.66. The third-order valence-electron chi connectivity index (χ3n) is 3.24. The highest BCUT2D eigenvalue weighted by molar-refractivity contribution is 5.95. The van der Waals surface area contributed by atoms with Gasteiger partial charge in [-0.1, -0.05) is 6.92 Å². The van der Waals surface area contributed by atoms with Gasteiger partial charge in [-0.3, -0.25) is 0 Å². The van der Waals surface area contributed by atoms with Gasteiger partial charge in [-0.2, -0.15) is 0 Å². The normalized spacial score (nSPS) is 13.2. The highest BCUT2D eigenvalue weighted by Crippen LogP contribution is 2.27. The maximum atomic E-state index is 12.0. The van der Waals surface area contributed by atoms with E-state index in [2.05, 4.69) is 4.98 Å². The van der Waals surface area contributed by atoms with Crippen molar-refractivity contribution in [2.24, 2.45) is 0 Å². The standard InChI is InChI=1S/C14H20N2O4/c1-3-4-16(5-6-17)13-11(14(18)19-2)7-10-8-20-9-12(10)15-13/h7,17H,3-6,8-9H2,1-2H3. The van der Waals surface area contributed by atoms with Crippen LogP contribution in [0.15, 0.2) is 6.07 Å². The van der Waals surface area contributed by atoms with Gasteiger partial charge in [0.1, 0.15) is 11.4 Å². The molecule has 0 aliphatic carbocycles. The molecule has 20 heavy (non-hydrogen) atoms. The van der Waals surface area contributed by atoms with Crippen LogP contribution in [0, 0.1) is 0 Å². The van der Waals surface area contributed by atoms with Gasteiger partial charge in [0, 0.05) is 18.7 Å². The number of fused-ring (bicyclic) bond motifs is 1. The molecule has 2 heterocycles. The molecule has 1 aromatic rings. The van der Waals surface area contributed by atoms with Crippen LogP contribution in [-0.4, -0.2) is 42.9 Å². The van der Waals surface area contributed by atoms with Crippen LogP contribution in [0.4, 0.5) is 5.82 Å². The molecule has 0 amide bonds. The van der Waals surface area contributed by atoms with E-state index in [1.165, 1.54) is 7.11 Å². The molecule has 6 heteroatoms. The van der Waals surface area contributed by atoms with Gasteiger partial charge in [-0.05, 0) is 12.5 Å². The van der Waals surface area contributed by atoms with E-state index in [4.69, 9.17) is 9.47 Å². The van der Waals surface area contributed by atoms with Crippen molar-refractivity contribution in [2.75, 3.05) is 31.7 Å². The largest absolute Gasteiger partial charge is 0.465 e. The number of aliphatic hydroxyl groups is 1. The van der Waals surface area contributed by atoms with Crippen molar-refractivity contribution in [1.29, 1.82) is 0 Å². The summed E-state index contributed by atoms with van der Waals surface area (Å²) in [5.74, 6) is 0.151. The third kappa shape index (κ3) is 2.91. The fraction of sp³-hybridized carbons (Fsp3) is 0.571. The molecule has 1 aliphatic heterocycles. The summed E-state index contributed by atoms with van der Waals surface area (Å²) in [7, 11) is 1.35. The lowest BCUT2D eigenvalue weighted by Crippen LogP contribution is -2.30. The molecule has 0 radical (unpaired) electrons. The molecular weight excluding hydrogens is 260 g/mol. The monoisotopic (exact) mass is 280 g/mol. The molecule has 2 rings (SSSR count). The Labute approximate surface area is 118 Å². The van der Waals surface area contributed by atoms with E-state index in [1.54, 1.807) is 6.07 Å². The minimum Gasteiger partial charge on any atom is -0.465 e. The highest BCUT2D eigenvalue weighted by Gasteiger charge is 2.24. The SMILES string of the molecule is CCCN(CCO)c1nc2c(cc1C(=O)OC)COC2. The number of pyridine rings is 1. The van der Waals surface area contributed by atoms with Crippen LogP contribution in [0.2, 0.25) is 0 Å². The lowest BCUT2D eigenvalue weighted by Gasteiger charge is -2.24. The molecule has 1 aliphatic rings. The van der Waals surface area contributed by atoms with Crippen molar-refractivity contribution in [3.63, 3.8) is 0 Å². The Morgan fingerprint density at radius 3 is 2.95 bits per heavy atom. The maximum Gasteiger partial charge on any atom is 0.341 e. The van der Waals surface area contributed by atoms with E-state index < -0.39 is 5.97 Å². The molecule has 0 atom stereocenters. The average molecular weight is 280 g/mol. The number of hydrogen-bond acceptors (Lipinski definition) is 6. The molecule has 0 spiro atoms. The summed E-state index contributed by atoms with van der Waals surface area (Å²) < 4.78 is 10.2. The Balaban J connectivity index is 2.44. The molecule has 1 aromatic heterocycles. The Morgan fingerprint density at radius 1 is 1.50 bits per heavy atom. The molecule has 0 bridgehead atoms. The molecule has 0 aromatic carbocycles. The molecule has 110 valence electrons. The smallest absolute Gasteiger partial charge is 0.341 e. The summed E-state index contributed by atoms with van der Waals surface area (Å²) >= 11 is 0. The quantitative estimate of drug-likeness (QED) is 0.787. The number of carbonyl (C=O) groups excluding carboxylic acids is 1. The number of ether oxygens (including phenoxy) is 2. The topological polar surface area (TPSA) is 71.9 Å². The van der Waals surface area contributed by atoms with Crippen LogP contribution in [-0.2, 0) is 22.7 Å². The van der Waals surface area contributed by atoms with Gasteiger partial charge in [0.15, 0.2) is 0 Å². The van der Waals surface area contributed by atoms with Gasteiger partial charge in [0.2, 0.25) is 0 Å². The molecule has 0 fully saturated rings. The van der Waals surface area contributed by atoms with Crippen molar-refractivity contribution < 1.29 is 19.4 Å². The number of aliphatic hydroxyl groups excluding tert-OH is 1. The number of esters is 1. The van der Waals surface area contributed by atoms with Gasteiger partial charge in [-0.15, -0.1) is 0 Å². The van der Waals surface area contributed by atoms with Crippen LogP contribution in [0.25, 0.3) is 0 Å². The van der Waals surface area contributed by atoms with Crippen molar-refractivity contribution in [3.05, 3.63) is 22.9 Å². The number of aromatic nitrogens is 1. The van der Waals surface area contributed by atoms with E-state index in [0.717, 1.165) is 24.2 Å². The van der Waals surface area contributed by atoms with Crippen molar-refractivity contribution >= 4 is 11.8 Å². The Bertz CT molecular complexity index is 484. The second kappa shape index (κ2) is 6.67. The zero-order valence-electron chi connectivity index (χ0n) is 11.9. The van der Waals surface area contributed by atoms with Gasteiger partial charge in [0.05, 0.1) is 32.6 Å². The predicted molar refractivity (Wildman–Crippen MR) is 73.7 cm³/mol. The molecule has 1 N–H and O–H groups in total. The molecule has 6 nitrogen and oxygen atoms in total. The number of methoxy groups -OCH3 is 1. The van der Waals surface area contributed by atoms with E-state index in [1.807, 2.05) is 11.8 Å². The first-order valence-corrected chi connectivity index (χ1v) is 6.75. The first-order chi connectivity index (χ1) is 9.71. The van der Waals surface area contributed by atoms with E-state index in [9.17, 15) is 9.90 Å². The molecule has 0 saturated heterocycles. The average Bonchev–Trinajstić information content (AvgIpc) is 2.92. The van der Waals surface area contributed by atoms with Crippen molar-refractivity contribution in [2.45, 2.75) is 26.6 Å². The fourth-order valence-electron chi connectivity index (χ4n) is 2.31. The first-order valence-electron chi connectivity index (χ1n) is 6.75. The Kier molecular flexibility index (Phi) is 4.92. The number of nitrogens with zero attached hydrogens (tertiary/aromatic N) is 2. The summed E-state index contributed by atoms with van der Waals surface area (Å²) in [5.41, 5.74) is 2.21. The number of carbonyl (C=O) groups is 1. The van der Waals surface area contributed by atoms with Gasteiger partial charge >= 0.3 is 5.97 Å². The van der Waals surface area contributed by atoms with Gasteiger partial charge < -0.3 is 19.5 Å². The first kappa shape index (κ1) is 14.7. The Morgan fingerprint density at radius 2 is 2.30 bits per heavy atom. The Hall–Kier alpha value is -1.66. The lowest BCUT2D eigenvalue weighted by atomic mass is 10.1. The fourth-order valence-corrected chi connectivity index (χ4v) is 2.31. The summed E-state index contributed by atoms with van der Waals surface area (Å²) in [6.45, 7) is 4.14. The second-order valence-corrected chi connectivity index (χ2v) is 4.66. The van der Waals surface area contributed by atoms with E-state index >= 15 is 0 Å². The van der Waals surface area contributed by atoms with Crippen molar-refractivity contribution in [1.82, 2.24) is 4.98 Å². The highest BCUT2D eigenvalue weighted by atomic mass is 16.5. The van der Waals surface area contributed by atoms with Gasteiger partial charge in [0.25, 0.3) is 0 Å². The third-order valence-corrected chi connectivity index (χ3v) is 3.24. The minimum atomic E-state index is -0.416. The summed E-state index contributed by atoms with van der Waals surface area (Å²) in [6, 6.07) is 1.79. The molecule has 0 unspecified atom stereocenters. The minimum absolute atomic E-state index is 0.00980. The number of anilines is 1. The van der Waals surface area contributed by atoms with Crippen LogP contribution >= 0.6 is 0 Å². The van der Waals surface area contributed by atoms with Gasteiger partial charge in [-0.25, -0.2) is 9.78 Å². The predicted octanol–water partition coefficient (Wildman–Crippen LogP) is 1.11. The zero-order chi connectivity index (χ0) is 14.5. The summed E-state index contributed by atoms with van der Waals surface area (Å²) in [6.07, 6.45) is 0.899. The zero-order valence-corrected chi connectivity index (χ0v) is 11.9. The molecular formula is C14H20N2O4. The van der Waals surface area contributed by atoms with E-state index in [0.29, 0.717) is 31.1 Å². The van der Waals surface area contributed by atoms with Crippen molar-refractivity contribution in [3.8, 4) is 0 Å².